The minimum Gasteiger partial charge on any atom is -0.454 e. The van der Waals surface area contributed by atoms with E-state index in [1.54, 1.807) is 0 Å². The Bertz CT molecular complexity index is 874. The number of imidazole rings is 1. The largest absolute Gasteiger partial charge is 0.454 e. The number of rotatable bonds is 5. The molecule has 0 radical (unpaired) electrons. The monoisotopic (exact) mass is 401 g/mol. The summed E-state index contributed by atoms with van der Waals surface area (Å²) in [5.74, 6) is 2.94. The Morgan fingerprint density at radius 2 is 2.08 bits per heavy atom. The van der Waals surface area contributed by atoms with Crippen LogP contribution in [0.1, 0.15) is 31.3 Å². The van der Waals surface area contributed by atoms with Gasteiger partial charge in [0.15, 0.2) is 11.5 Å². The van der Waals surface area contributed by atoms with Crippen molar-refractivity contribution in [3.63, 3.8) is 0 Å². The van der Waals surface area contributed by atoms with Gasteiger partial charge in [0.2, 0.25) is 6.79 Å². The molecule has 25 heavy (non-hydrogen) atoms. The maximum absolute atomic E-state index is 5.50. The standard InChI is InChI=1S/C19H20BrN3O2/c1-11(2)17(19-22-14-5-3-4-6-15(14)23-19)21-9-12-7-13(20)18-16(8-12)24-10-25-18/h3-8,11,17,21H,9-10H2,1-2H3,(H,22,23). The van der Waals surface area contributed by atoms with Crippen LogP contribution in [0.5, 0.6) is 11.5 Å². The van der Waals surface area contributed by atoms with Crippen molar-refractivity contribution in [1.29, 1.82) is 0 Å². The summed E-state index contributed by atoms with van der Waals surface area (Å²) in [6, 6.07) is 12.3. The second-order valence-corrected chi connectivity index (χ2v) is 7.41. The Kier molecular flexibility index (Phi) is 4.39. The van der Waals surface area contributed by atoms with Crippen molar-refractivity contribution in [3.8, 4) is 11.5 Å². The molecule has 0 amide bonds. The molecule has 1 aromatic heterocycles. The molecule has 0 spiro atoms. The number of halogens is 1. The van der Waals surface area contributed by atoms with E-state index in [4.69, 9.17) is 14.5 Å². The van der Waals surface area contributed by atoms with Gasteiger partial charge in [0.1, 0.15) is 5.82 Å². The van der Waals surface area contributed by atoms with E-state index in [-0.39, 0.29) is 12.8 Å². The zero-order chi connectivity index (χ0) is 17.4. The van der Waals surface area contributed by atoms with Gasteiger partial charge < -0.3 is 19.8 Å². The molecule has 0 saturated carbocycles. The molecule has 1 aliphatic rings. The van der Waals surface area contributed by atoms with E-state index in [0.29, 0.717) is 5.92 Å². The lowest BCUT2D eigenvalue weighted by Crippen LogP contribution is -2.26. The fourth-order valence-electron chi connectivity index (χ4n) is 3.12. The van der Waals surface area contributed by atoms with Crippen LogP contribution in [0, 0.1) is 5.92 Å². The van der Waals surface area contributed by atoms with Crippen LogP contribution < -0.4 is 14.8 Å². The Balaban J connectivity index is 1.55. The van der Waals surface area contributed by atoms with E-state index in [1.807, 2.05) is 24.3 Å². The van der Waals surface area contributed by atoms with Crippen LogP contribution >= 0.6 is 15.9 Å². The molecule has 1 aliphatic heterocycles. The second-order valence-electron chi connectivity index (χ2n) is 6.55. The summed E-state index contributed by atoms with van der Waals surface area (Å²) >= 11 is 3.55. The Labute approximate surface area is 154 Å². The summed E-state index contributed by atoms with van der Waals surface area (Å²) in [7, 11) is 0. The highest BCUT2D eigenvalue weighted by molar-refractivity contribution is 9.10. The molecular formula is C19H20BrN3O2. The number of hydrogen-bond acceptors (Lipinski definition) is 4. The van der Waals surface area contributed by atoms with Gasteiger partial charge in [-0.2, -0.15) is 0 Å². The van der Waals surface area contributed by atoms with Crippen LogP contribution in [0.4, 0.5) is 0 Å². The molecule has 2 heterocycles. The van der Waals surface area contributed by atoms with Crippen LogP contribution in [-0.2, 0) is 6.54 Å². The van der Waals surface area contributed by atoms with Crippen LogP contribution in [0.25, 0.3) is 11.0 Å². The SMILES string of the molecule is CC(C)C(NCc1cc(Br)c2c(c1)OCO2)c1nc2ccccc2[nH]1. The summed E-state index contributed by atoms with van der Waals surface area (Å²) in [5.41, 5.74) is 3.20. The van der Waals surface area contributed by atoms with Gasteiger partial charge in [0, 0.05) is 6.54 Å². The minimum atomic E-state index is 0.136. The summed E-state index contributed by atoms with van der Waals surface area (Å²) in [5, 5.41) is 3.62. The van der Waals surface area contributed by atoms with Crippen LogP contribution in [0.15, 0.2) is 40.9 Å². The third-order valence-corrected chi connectivity index (χ3v) is 4.97. The van der Waals surface area contributed by atoms with Crippen LogP contribution in [-0.4, -0.2) is 16.8 Å². The number of ether oxygens (including phenoxy) is 2. The van der Waals surface area contributed by atoms with E-state index in [1.165, 1.54) is 0 Å². The Hall–Kier alpha value is -2.05. The molecule has 6 heteroatoms. The van der Waals surface area contributed by atoms with Gasteiger partial charge in [0.25, 0.3) is 0 Å². The topological polar surface area (TPSA) is 59.2 Å². The highest BCUT2D eigenvalue weighted by atomic mass is 79.9. The number of para-hydroxylation sites is 2. The highest BCUT2D eigenvalue weighted by Crippen LogP contribution is 2.40. The summed E-state index contributed by atoms with van der Waals surface area (Å²) in [4.78, 5) is 8.19. The summed E-state index contributed by atoms with van der Waals surface area (Å²) < 4.78 is 11.9. The third kappa shape index (κ3) is 3.24. The van der Waals surface area contributed by atoms with Gasteiger partial charge in [-0.1, -0.05) is 26.0 Å². The summed E-state index contributed by atoms with van der Waals surface area (Å²) in [6.45, 7) is 5.38. The number of benzene rings is 2. The van der Waals surface area contributed by atoms with Crippen LogP contribution in [0.2, 0.25) is 0 Å². The predicted octanol–water partition coefficient (Wildman–Crippen LogP) is 4.54. The molecule has 130 valence electrons. The lowest BCUT2D eigenvalue weighted by molar-refractivity contribution is 0.173. The first kappa shape index (κ1) is 16.4. The van der Waals surface area contributed by atoms with Crippen molar-refractivity contribution in [1.82, 2.24) is 15.3 Å². The number of nitrogens with zero attached hydrogens (tertiary/aromatic N) is 1. The molecule has 3 aromatic rings. The number of nitrogens with one attached hydrogen (secondary N) is 2. The van der Waals surface area contributed by atoms with E-state index >= 15 is 0 Å². The second kappa shape index (κ2) is 6.69. The molecule has 2 aromatic carbocycles. The van der Waals surface area contributed by atoms with E-state index < -0.39 is 0 Å². The number of fused-ring (bicyclic) bond motifs is 2. The lowest BCUT2D eigenvalue weighted by Gasteiger charge is -2.20. The Morgan fingerprint density at radius 1 is 1.24 bits per heavy atom. The first-order chi connectivity index (χ1) is 12.1. The molecule has 4 rings (SSSR count). The zero-order valence-corrected chi connectivity index (χ0v) is 15.8. The van der Waals surface area contributed by atoms with Gasteiger partial charge in [-0.25, -0.2) is 4.98 Å². The number of H-pyrrole nitrogens is 1. The van der Waals surface area contributed by atoms with E-state index in [9.17, 15) is 0 Å². The minimum absolute atomic E-state index is 0.136. The average Bonchev–Trinajstić information content (AvgIpc) is 3.21. The summed E-state index contributed by atoms with van der Waals surface area (Å²) in [6.07, 6.45) is 0. The fourth-order valence-corrected chi connectivity index (χ4v) is 3.72. The van der Waals surface area contributed by atoms with Gasteiger partial charge in [-0.15, -0.1) is 0 Å². The maximum atomic E-state index is 5.50. The maximum Gasteiger partial charge on any atom is 0.231 e. The molecule has 2 N–H and O–H groups in total. The zero-order valence-electron chi connectivity index (χ0n) is 14.2. The van der Waals surface area contributed by atoms with Gasteiger partial charge in [0.05, 0.1) is 21.5 Å². The molecule has 5 nitrogen and oxygen atoms in total. The van der Waals surface area contributed by atoms with Crippen molar-refractivity contribution >= 4 is 27.0 Å². The van der Waals surface area contributed by atoms with Crippen molar-refractivity contribution in [2.75, 3.05) is 6.79 Å². The van der Waals surface area contributed by atoms with Gasteiger partial charge in [-0.05, 0) is 51.7 Å². The quantitative estimate of drug-likeness (QED) is 0.658. The van der Waals surface area contributed by atoms with Crippen molar-refractivity contribution < 1.29 is 9.47 Å². The number of hydrogen-bond donors (Lipinski definition) is 2. The van der Waals surface area contributed by atoms with Gasteiger partial charge >= 0.3 is 0 Å². The average molecular weight is 402 g/mol. The molecular weight excluding hydrogens is 382 g/mol. The first-order valence-electron chi connectivity index (χ1n) is 8.38. The number of aromatic nitrogens is 2. The molecule has 0 fully saturated rings. The molecule has 0 bridgehead atoms. The van der Waals surface area contributed by atoms with E-state index in [0.717, 1.165) is 44.9 Å². The molecule has 1 atom stereocenters. The fraction of sp³-hybridized carbons (Fsp3) is 0.316. The molecule has 1 unspecified atom stereocenters. The van der Waals surface area contributed by atoms with Crippen molar-refractivity contribution in [2.45, 2.75) is 26.4 Å². The third-order valence-electron chi connectivity index (χ3n) is 4.38. The predicted molar refractivity (Wildman–Crippen MR) is 101 cm³/mol. The smallest absolute Gasteiger partial charge is 0.231 e. The van der Waals surface area contributed by atoms with Gasteiger partial charge in [-0.3, -0.25) is 0 Å². The highest BCUT2D eigenvalue weighted by Gasteiger charge is 2.21. The number of aromatic amines is 1. The van der Waals surface area contributed by atoms with E-state index in [2.05, 4.69) is 52.2 Å². The lowest BCUT2D eigenvalue weighted by atomic mass is 10.0. The normalized spacial score (nSPS) is 14.4. The molecule has 0 aliphatic carbocycles. The first-order valence-corrected chi connectivity index (χ1v) is 9.17. The van der Waals surface area contributed by atoms with Crippen molar-refractivity contribution in [2.24, 2.45) is 5.92 Å². The Morgan fingerprint density at radius 3 is 2.88 bits per heavy atom. The molecule has 0 saturated heterocycles. The van der Waals surface area contributed by atoms with Crippen molar-refractivity contribution in [3.05, 3.63) is 52.3 Å². The van der Waals surface area contributed by atoms with Crippen LogP contribution in [0.3, 0.4) is 0 Å².